The van der Waals surface area contributed by atoms with Crippen LogP contribution in [0.3, 0.4) is 0 Å². The summed E-state index contributed by atoms with van der Waals surface area (Å²) in [7, 11) is 0. The van der Waals surface area contributed by atoms with E-state index in [1.54, 1.807) is 0 Å². The lowest BCUT2D eigenvalue weighted by Crippen LogP contribution is -2.37. The number of hydrogen-bond acceptors (Lipinski definition) is 0. The largest absolute Gasteiger partial charge is 0.0993 e. The molecule has 0 aromatic heterocycles. The molecule has 100 valence electrons. The molecule has 0 bridgehead atoms. The SMILES string of the molecule is C=C(C(C)C(C)C)C1C(C)CC(C)C(C)C1C. The molecule has 0 aliphatic heterocycles. The minimum absolute atomic E-state index is 0.658. The molecule has 1 fully saturated rings. The van der Waals surface area contributed by atoms with Gasteiger partial charge in [-0.2, -0.15) is 0 Å². The molecule has 0 heteroatoms. The Morgan fingerprint density at radius 3 is 1.94 bits per heavy atom. The van der Waals surface area contributed by atoms with Crippen LogP contribution in [0.15, 0.2) is 12.2 Å². The molecular weight excluding hydrogens is 204 g/mol. The molecule has 0 spiro atoms. The Morgan fingerprint density at radius 2 is 1.47 bits per heavy atom. The predicted octanol–water partition coefficient (Wildman–Crippen LogP) is 5.40. The summed E-state index contributed by atoms with van der Waals surface area (Å²) in [6.07, 6.45) is 1.38. The van der Waals surface area contributed by atoms with Crippen LogP contribution in [-0.4, -0.2) is 0 Å². The van der Waals surface area contributed by atoms with Gasteiger partial charge in [0, 0.05) is 0 Å². The molecule has 0 N–H and O–H groups in total. The fourth-order valence-electron chi connectivity index (χ4n) is 3.75. The maximum atomic E-state index is 4.46. The van der Waals surface area contributed by atoms with E-state index >= 15 is 0 Å². The quantitative estimate of drug-likeness (QED) is 0.576. The average molecular weight is 236 g/mol. The molecule has 0 amide bonds. The van der Waals surface area contributed by atoms with E-state index in [0.29, 0.717) is 5.92 Å². The molecule has 1 saturated carbocycles. The molecule has 0 aromatic carbocycles. The first-order chi connectivity index (χ1) is 7.77. The Balaban J connectivity index is 2.85. The molecule has 1 aliphatic rings. The standard InChI is InChI=1S/C17H32/c1-10(2)13(5)15(7)17-12(4)9-11(3)14(6)16(17)8/h10-14,16-17H,7,9H2,1-6,8H3. The molecule has 0 saturated heterocycles. The average Bonchev–Trinajstić information content (AvgIpc) is 2.24. The molecular formula is C17H32. The van der Waals surface area contributed by atoms with Crippen molar-refractivity contribution in [1.82, 2.24) is 0 Å². The minimum atomic E-state index is 0.658. The molecule has 17 heavy (non-hydrogen) atoms. The van der Waals surface area contributed by atoms with Crippen LogP contribution in [-0.2, 0) is 0 Å². The Kier molecular flexibility index (Phi) is 4.86. The molecule has 1 rings (SSSR count). The van der Waals surface area contributed by atoms with E-state index in [4.69, 9.17) is 0 Å². The van der Waals surface area contributed by atoms with Crippen molar-refractivity contribution >= 4 is 0 Å². The second-order valence-corrected chi connectivity index (χ2v) is 7.04. The molecule has 0 aromatic rings. The van der Waals surface area contributed by atoms with Crippen LogP contribution < -0.4 is 0 Å². The zero-order valence-corrected chi connectivity index (χ0v) is 13.0. The first-order valence-corrected chi connectivity index (χ1v) is 7.46. The summed E-state index contributed by atoms with van der Waals surface area (Å²) in [6, 6.07) is 0. The van der Waals surface area contributed by atoms with E-state index in [9.17, 15) is 0 Å². The fourth-order valence-corrected chi connectivity index (χ4v) is 3.75. The van der Waals surface area contributed by atoms with E-state index in [2.05, 4.69) is 55.0 Å². The molecule has 6 atom stereocenters. The van der Waals surface area contributed by atoms with E-state index in [1.807, 2.05) is 0 Å². The van der Waals surface area contributed by atoms with Gasteiger partial charge in [-0.1, -0.05) is 60.6 Å². The first kappa shape index (κ1) is 14.8. The molecule has 6 unspecified atom stereocenters. The van der Waals surface area contributed by atoms with Crippen molar-refractivity contribution in [2.75, 3.05) is 0 Å². The van der Waals surface area contributed by atoms with Crippen LogP contribution in [0.2, 0.25) is 0 Å². The molecule has 0 radical (unpaired) electrons. The second kappa shape index (κ2) is 5.59. The maximum absolute atomic E-state index is 4.46. The summed E-state index contributed by atoms with van der Waals surface area (Å²) in [6.45, 7) is 21.2. The van der Waals surface area contributed by atoms with Crippen LogP contribution in [0.4, 0.5) is 0 Å². The number of rotatable bonds is 3. The van der Waals surface area contributed by atoms with Crippen LogP contribution in [0.1, 0.15) is 54.9 Å². The predicted molar refractivity (Wildman–Crippen MR) is 77.9 cm³/mol. The zero-order valence-electron chi connectivity index (χ0n) is 13.0. The third kappa shape index (κ3) is 2.95. The van der Waals surface area contributed by atoms with E-state index < -0.39 is 0 Å². The van der Waals surface area contributed by atoms with Gasteiger partial charge >= 0.3 is 0 Å². The lowest BCUT2D eigenvalue weighted by Gasteiger charge is -2.45. The zero-order chi connectivity index (χ0) is 13.3. The van der Waals surface area contributed by atoms with Gasteiger partial charge in [-0.05, 0) is 47.8 Å². The Morgan fingerprint density at radius 1 is 0.941 bits per heavy atom. The summed E-state index contributed by atoms with van der Waals surface area (Å²) in [5.74, 6) is 5.43. The smallest absolute Gasteiger partial charge is 0.0149 e. The van der Waals surface area contributed by atoms with Gasteiger partial charge in [-0.3, -0.25) is 0 Å². The first-order valence-electron chi connectivity index (χ1n) is 7.46. The summed E-state index contributed by atoms with van der Waals surface area (Å²) >= 11 is 0. The Labute approximate surface area is 109 Å². The second-order valence-electron chi connectivity index (χ2n) is 7.04. The third-order valence-corrected chi connectivity index (χ3v) is 5.66. The van der Waals surface area contributed by atoms with Crippen molar-refractivity contribution in [3.05, 3.63) is 12.2 Å². The highest BCUT2D eigenvalue weighted by molar-refractivity contribution is 5.10. The molecule has 0 heterocycles. The monoisotopic (exact) mass is 236 g/mol. The highest BCUT2D eigenvalue weighted by atomic mass is 14.4. The number of hydrogen-bond donors (Lipinski definition) is 0. The minimum Gasteiger partial charge on any atom is -0.0993 e. The maximum Gasteiger partial charge on any atom is -0.0149 e. The summed E-state index contributed by atoms with van der Waals surface area (Å²) in [4.78, 5) is 0. The van der Waals surface area contributed by atoms with Gasteiger partial charge in [-0.25, -0.2) is 0 Å². The third-order valence-electron chi connectivity index (χ3n) is 5.66. The molecule has 0 nitrogen and oxygen atoms in total. The Bertz CT molecular complexity index is 263. The molecule has 1 aliphatic carbocycles. The van der Waals surface area contributed by atoms with Gasteiger partial charge in [0.05, 0.1) is 0 Å². The van der Waals surface area contributed by atoms with Crippen LogP contribution in [0.25, 0.3) is 0 Å². The van der Waals surface area contributed by atoms with Gasteiger partial charge < -0.3 is 0 Å². The highest BCUT2D eigenvalue weighted by Gasteiger charge is 2.38. The van der Waals surface area contributed by atoms with Crippen molar-refractivity contribution in [3.63, 3.8) is 0 Å². The van der Waals surface area contributed by atoms with Crippen molar-refractivity contribution in [1.29, 1.82) is 0 Å². The normalized spacial score (nSPS) is 40.4. The summed E-state index contributed by atoms with van der Waals surface area (Å²) < 4.78 is 0. The van der Waals surface area contributed by atoms with Crippen molar-refractivity contribution in [2.45, 2.75) is 54.9 Å². The van der Waals surface area contributed by atoms with Crippen LogP contribution in [0, 0.1) is 41.4 Å². The highest BCUT2D eigenvalue weighted by Crippen LogP contribution is 2.46. The summed E-state index contributed by atoms with van der Waals surface area (Å²) in [5, 5.41) is 0. The summed E-state index contributed by atoms with van der Waals surface area (Å²) in [5.41, 5.74) is 1.51. The van der Waals surface area contributed by atoms with Crippen molar-refractivity contribution in [2.24, 2.45) is 41.4 Å². The van der Waals surface area contributed by atoms with Gasteiger partial charge in [0.25, 0.3) is 0 Å². The van der Waals surface area contributed by atoms with E-state index in [-0.39, 0.29) is 0 Å². The fraction of sp³-hybridized carbons (Fsp3) is 0.882. The van der Waals surface area contributed by atoms with Gasteiger partial charge in [0.2, 0.25) is 0 Å². The van der Waals surface area contributed by atoms with Crippen LogP contribution in [0.5, 0.6) is 0 Å². The van der Waals surface area contributed by atoms with Crippen molar-refractivity contribution in [3.8, 4) is 0 Å². The number of allylic oxidation sites excluding steroid dienone is 1. The van der Waals surface area contributed by atoms with Gasteiger partial charge in [0.1, 0.15) is 0 Å². The van der Waals surface area contributed by atoms with Crippen molar-refractivity contribution < 1.29 is 0 Å². The lowest BCUT2D eigenvalue weighted by atomic mass is 9.60. The van der Waals surface area contributed by atoms with Crippen LogP contribution >= 0.6 is 0 Å². The van der Waals surface area contributed by atoms with Gasteiger partial charge in [-0.15, -0.1) is 0 Å². The van der Waals surface area contributed by atoms with E-state index in [0.717, 1.165) is 35.5 Å². The Hall–Kier alpha value is -0.260. The van der Waals surface area contributed by atoms with Gasteiger partial charge in [0.15, 0.2) is 0 Å². The van der Waals surface area contributed by atoms with E-state index in [1.165, 1.54) is 12.0 Å². The lowest BCUT2D eigenvalue weighted by molar-refractivity contribution is 0.0878. The topological polar surface area (TPSA) is 0 Å².